The zero-order chi connectivity index (χ0) is 14.0. The Morgan fingerprint density at radius 1 is 1.32 bits per heavy atom. The molecule has 2 rings (SSSR count). The monoisotopic (exact) mass is 363 g/mol. The van der Waals surface area contributed by atoms with Crippen molar-refractivity contribution in [3.63, 3.8) is 0 Å². The van der Waals surface area contributed by atoms with Gasteiger partial charge in [0.1, 0.15) is 5.76 Å². The molecule has 1 aromatic carbocycles. The lowest BCUT2D eigenvalue weighted by Gasteiger charge is -2.22. The van der Waals surface area contributed by atoms with Crippen LogP contribution < -0.4 is 4.90 Å². The Morgan fingerprint density at radius 3 is 2.47 bits per heavy atom. The molecule has 1 heterocycles. The Balaban J connectivity index is 2.45. The fraction of sp³-hybridized carbons (Fsp3) is 0.429. The number of nitrogens with zero attached hydrogens (tertiary/aromatic N) is 1. The van der Waals surface area contributed by atoms with E-state index >= 15 is 0 Å². The van der Waals surface area contributed by atoms with E-state index in [1.807, 2.05) is 18.2 Å². The molecule has 0 aromatic heterocycles. The molecule has 0 fully saturated rings. The van der Waals surface area contributed by atoms with Gasteiger partial charge in [0.15, 0.2) is 6.73 Å². The number of rotatable bonds is 4. The highest BCUT2D eigenvalue weighted by Gasteiger charge is 2.28. The van der Waals surface area contributed by atoms with Crippen LogP contribution in [0.4, 0.5) is 5.69 Å². The van der Waals surface area contributed by atoms with Crippen LogP contribution in [-0.2, 0) is 4.74 Å². The first-order valence-corrected chi connectivity index (χ1v) is 8.07. The van der Waals surface area contributed by atoms with Crippen LogP contribution in [0.5, 0.6) is 0 Å². The highest BCUT2D eigenvalue weighted by molar-refractivity contribution is 9.09. The summed E-state index contributed by atoms with van der Waals surface area (Å²) in [7, 11) is 0. The molecule has 1 aromatic rings. The molecule has 1 aliphatic heterocycles. The van der Waals surface area contributed by atoms with Gasteiger partial charge in [0, 0.05) is 17.7 Å². The lowest BCUT2D eigenvalue weighted by Crippen LogP contribution is -2.20. The van der Waals surface area contributed by atoms with Gasteiger partial charge in [0.25, 0.3) is 0 Å². The molecule has 0 atom stereocenters. The summed E-state index contributed by atoms with van der Waals surface area (Å²) >= 11 is 16.1. The molecule has 104 valence electrons. The summed E-state index contributed by atoms with van der Waals surface area (Å²) in [5, 5.41) is 2.17. The van der Waals surface area contributed by atoms with Crippen molar-refractivity contribution in [2.24, 2.45) is 5.92 Å². The van der Waals surface area contributed by atoms with Gasteiger partial charge >= 0.3 is 0 Å². The van der Waals surface area contributed by atoms with Gasteiger partial charge in [-0.25, -0.2) is 0 Å². The van der Waals surface area contributed by atoms with E-state index in [1.165, 1.54) is 0 Å². The standard InChI is InChI=1S/C14H16BrCl2NO/c1-9(2)14-12(6-7-15)18(8-19-14)13-10(16)4-3-5-11(13)17/h3-5,9H,6-8H2,1-2H3. The van der Waals surface area contributed by atoms with E-state index in [4.69, 9.17) is 27.9 Å². The van der Waals surface area contributed by atoms with E-state index in [0.29, 0.717) is 22.7 Å². The van der Waals surface area contributed by atoms with Crippen molar-refractivity contribution < 1.29 is 4.74 Å². The van der Waals surface area contributed by atoms with E-state index in [0.717, 1.165) is 28.9 Å². The minimum Gasteiger partial charge on any atom is -0.475 e. The van der Waals surface area contributed by atoms with Crippen molar-refractivity contribution in [3.8, 4) is 0 Å². The summed E-state index contributed by atoms with van der Waals surface area (Å²) in [6, 6.07) is 5.55. The number of benzene rings is 1. The summed E-state index contributed by atoms with van der Waals surface area (Å²) in [6.45, 7) is 4.72. The van der Waals surface area contributed by atoms with Crippen molar-refractivity contribution in [2.45, 2.75) is 20.3 Å². The Labute approximate surface area is 132 Å². The predicted octanol–water partition coefficient (Wildman–Crippen LogP) is 5.44. The average molecular weight is 365 g/mol. The topological polar surface area (TPSA) is 12.5 Å². The van der Waals surface area contributed by atoms with Crippen LogP contribution in [0, 0.1) is 5.92 Å². The fourth-order valence-electron chi connectivity index (χ4n) is 2.22. The molecular weight excluding hydrogens is 349 g/mol. The molecule has 0 bridgehead atoms. The molecule has 1 aliphatic rings. The minimum atomic E-state index is 0.348. The fourth-order valence-corrected chi connectivity index (χ4v) is 3.20. The molecule has 0 radical (unpaired) electrons. The number of anilines is 1. The lowest BCUT2D eigenvalue weighted by molar-refractivity contribution is 0.216. The van der Waals surface area contributed by atoms with E-state index < -0.39 is 0 Å². The van der Waals surface area contributed by atoms with Gasteiger partial charge in [0.05, 0.1) is 21.4 Å². The average Bonchev–Trinajstić information content (AvgIpc) is 2.73. The van der Waals surface area contributed by atoms with Gasteiger partial charge in [-0.2, -0.15) is 0 Å². The Morgan fingerprint density at radius 2 is 1.95 bits per heavy atom. The number of hydrogen-bond donors (Lipinski definition) is 0. The first-order chi connectivity index (χ1) is 9.06. The normalized spacial score (nSPS) is 15.4. The number of allylic oxidation sites excluding steroid dienone is 2. The third kappa shape index (κ3) is 3.04. The van der Waals surface area contributed by atoms with Crippen molar-refractivity contribution >= 4 is 44.8 Å². The van der Waals surface area contributed by atoms with E-state index in [-0.39, 0.29) is 0 Å². The van der Waals surface area contributed by atoms with Crippen molar-refractivity contribution in [1.29, 1.82) is 0 Å². The number of para-hydroxylation sites is 1. The number of halogens is 3. The lowest BCUT2D eigenvalue weighted by atomic mass is 10.1. The summed E-state index contributed by atoms with van der Waals surface area (Å²) in [5.74, 6) is 1.37. The first kappa shape index (κ1) is 15.0. The van der Waals surface area contributed by atoms with Crippen molar-refractivity contribution in [2.75, 3.05) is 17.0 Å². The second-order valence-corrected chi connectivity index (χ2v) is 6.28. The molecule has 2 nitrogen and oxygen atoms in total. The van der Waals surface area contributed by atoms with Crippen LogP contribution in [0.2, 0.25) is 10.0 Å². The minimum absolute atomic E-state index is 0.348. The second kappa shape index (κ2) is 6.38. The quantitative estimate of drug-likeness (QED) is 0.659. The summed E-state index contributed by atoms with van der Waals surface area (Å²) in [4.78, 5) is 2.07. The second-order valence-electron chi connectivity index (χ2n) is 4.68. The van der Waals surface area contributed by atoms with Crippen LogP contribution in [0.3, 0.4) is 0 Å². The number of ether oxygens (including phenoxy) is 1. The van der Waals surface area contributed by atoms with Crippen LogP contribution in [-0.4, -0.2) is 12.1 Å². The third-order valence-electron chi connectivity index (χ3n) is 3.02. The Bertz CT molecular complexity index is 482. The highest BCUT2D eigenvalue weighted by Crippen LogP contribution is 2.40. The maximum Gasteiger partial charge on any atom is 0.165 e. The molecule has 0 N–H and O–H groups in total. The van der Waals surface area contributed by atoms with E-state index in [2.05, 4.69) is 34.7 Å². The molecule has 0 spiro atoms. The summed E-state index contributed by atoms with van der Waals surface area (Å²) < 4.78 is 5.82. The smallest absolute Gasteiger partial charge is 0.165 e. The first-order valence-electron chi connectivity index (χ1n) is 6.19. The molecule has 0 unspecified atom stereocenters. The van der Waals surface area contributed by atoms with Gasteiger partial charge in [0.2, 0.25) is 0 Å². The van der Waals surface area contributed by atoms with E-state index in [9.17, 15) is 0 Å². The van der Waals surface area contributed by atoms with Gasteiger partial charge in [-0.15, -0.1) is 0 Å². The predicted molar refractivity (Wildman–Crippen MR) is 85.2 cm³/mol. The molecule has 5 heteroatoms. The van der Waals surface area contributed by atoms with Crippen molar-refractivity contribution in [1.82, 2.24) is 0 Å². The SMILES string of the molecule is CC(C)C1=C(CCBr)N(c2c(Cl)cccc2Cl)CO1. The van der Waals surface area contributed by atoms with Crippen LogP contribution in [0.25, 0.3) is 0 Å². The zero-order valence-corrected chi connectivity index (χ0v) is 14.0. The number of alkyl halides is 1. The third-order valence-corrected chi connectivity index (χ3v) is 4.03. The Kier molecular flexibility index (Phi) is 5.04. The van der Waals surface area contributed by atoms with Gasteiger partial charge in [-0.05, 0) is 12.1 Å². The molecule has 0 aliphatic carbocycles. The molecule has 0 saturated heterocycles. The van der Waals surface area contributed by atoms with Crippen LogP contribution in [0.15, 0.2) is 29.7 Å². The van der Waals surface area contributed by atoms with Gasteiger partial charge in [-0.3, -0.25) is 0 Å². The Hall–Kier alpha value is -0.380. The molecular formula is C14H16BrCl2NO. The van der Waals surface area contributed by atoms with Gasteiger partial charge in [-0.1, -0.05) is 59.0 Å². The summed E-state index contributed by atoms with van der Waals surface area (Å²) in [6.07, 6.45) is 0.884. The van der Waals surface area contributed by atoms with Crippen LogP contribution >= 0.6 is 39.1 Å². The van der Waals surface area contributed by atoms with Crippen molar-refractivity contribution in [3.05, 3.63) is 39.7 Å². The maximum atomic E-state index is 6.29. The maximum absolute atomic E-state index is 6.29. The van der Waals surface area contributed by atoms with E-state index in [1.54, 1.807) is 0 Å². The summed E-state index contributed by atoms with van der Waals surface area (Å²) in [5.41, 5.74) is 1.99. The van der Waals surface area contributed by atoms with Crippen LogP contribution in [0.1, 0.15) is 20.3 Å². The number of hydrogen-bond acceptors (Lipinski definition) is 2. The zero-order valence-electron chi connectivity index (χ0n) is 10.9. The highest BCUT2D eigenvalue weighted by atomic mass is 79.9. The largest absolute Gasteiger partial charge is 0.475 e. The molecule has 0 saturated carbocycles. The van der Waals surface area contributed by atoms with Gasteiger partial charge < -0.3 is 9.64 Å². The molecule has 19 heavy (non-hydrogen) atoms. The molecule has 0 amide bonds.